The smallest absolute Gasteiger partial charge is 0.341 e. The van der Waals surface area contributed by atoms with Crippen LogP contribution < -0.4 is 4.18 Å². The van der Waals surface area contributed by atoms with Crippen LogP contribution in [0.15, 0.2) is 46.6 Å². The van der Waals surface area contributed by atoms with Crippen LogP contribution in [0.4, 0.5) is 11.4 Å². The van der Waals surface area contributed by atoms with E-state index in [4.69, 9.17) is 4.18 Å². The van der Waals surface area contributed by atoms with E-state index in [1.54, 1.807) is 0 Å². The number of phenolic OH excluding ortho intramolecular Hbond substituents is 1. The zero-order chi connectivity index (χ0) is 20.9. The summed E-state index contributed by atoms with van der Waals surface area (Å²) in [7, 11) is -1.60. The summed E-state index contributed by atoms with van der Waals surface area (Å²) in [6, 6.07) is 7.78. The summed E-state index contributed by atoms with van der Waals surface area (Å²) in [5, 5.41) is 17.5. The van der Waals surface area contributed by atoms with Crippen molar-refractivity contribution in [3.63, 3.8) is 0 Å². The molecule has 0 bridgehead atoms. The zero-order valence-electron chi connectivity index (χ0n) is 15.1. The first-order valence-electron chi connectivity index (χ1n) is 7.59. The molecule has 0 radical (unpaired) electrons. The van der Waals surface area contributed by atoms with Crippen LogP contribution >= 0.6 is 0 Å². The lowest BCUT2D eigenvalue weighted by Gasteiger charge is -2.08. The van der Waals surface area contributed by atoms with Crippen LogP contribution in [0.1, 0.15) is 20.7 Å². The number of carbonyl (C=O) groups excluding carboxylic acids is 2. The molecule has 2 rings (SSSR count). The van der Waals surface area contributed by atoms with Gasteiger partial charge in [0.2, 0.25) is 0 Å². The SMILES string of the molecule is COC(=O)c1cc(N=Nc2ccc(C(=O)OC)c(OS(C)(=O)=O)c2)ccc1O. The number of ether oxygens (including phenoxy) is 2. The molecule has 0 aliphatic carbocycles. The highest BCUT2D eigenvalue weighted by atomic mass is 32.2. The van der Waals surface area contributed by atoms with Crippen molar-refractivity contribution in [1.82, 2.24) is 0 Å². The van der Waals surface area contributed by atoms with Crippen molar-refractivity contribution in [3.05, 3.63) is 47.5 Å². The minimum atomic E-state index is -3.91. The van der Waals surface area contributed by atoms with Gasteiger partial charge in [0.05, 0.1) is 31.9 Å². The first kappa shape index (κ1) is 20.8. The van der Waals surface area contributed by atoms with Crippen LogP contribution in [0.2, 0.25) is 0 Å². The lowest BCUT2D eigenvalue weighted by atomic mass is 10.2. The van der Waals surface area contributed by atoms with Crippen LogP contribution in [0.5, 0.6) is 11.5 Å². The molecule has 0 unspecified atom stereocenters. The lowest BCUT2D eigenvalue weighted by molar-refractivity contribution is 0.0589. The van der Waals surface area contributed by atoms with Crippen molar-refractivity contribution in [2.75, 3.05) is 20.5 Å². The maximum Gasteiger partial charge on any atom is 0.341 e. The Morgan fingerprint density at radius 2 is 1.43 bits per heavy atom. The van der Waals surface area contributed by atoms with Crippen molar-refractivity contribution >= 4 is 33.4 Å². The van der Waals surface area contributed by atoms with E-state index in [9.17, 15) is 23.1 Å². The summed E-state index contributed by atoms with van der Waals surface area (Å²) < 4.78 is 36.8. The molecule has 0 aliphatic heterocycles. The van der Waals surface area contributed by atoms with E-state index in [1.165, 1.54) is 43.5 Å². The molecule has 0 heterocycles. The Balaban J connectivity index is 2.39. The largest absolute Gasteiger partial charge is 0.507 e. The van der Waals surface area contributed by atoms with Gasteiger partial charge in [-0.25, -0.2) is 9.59 Å². The third kappa shape index (κ3) is 5.27. The minimum absolute atomic E-state index is 0.0962. The first-order chi connectivity index (χ1) is 13.1. The number of benzene rings is 2. The molecule has 0 aromatic heterocycles. The number of methoxy groups -OCH3 is 2. The molecule has 148 valence electrons. The maximum absolute atomic E-state index is 11.8. The highest BCUT2D eigenvalue weighted by molar-refractivity contribution is 7.86. The normalized spacial score (nSPS) is 11.2. The van der Waals surface area contributed by atoms with Gasteiger partial charge in [-0.05, 0) is 30.3 Å². The van der Waals surface area contributed by atoms with Gasteiger partial charge >= 0.3 is 22.1 Å². The number of aromatic hydroxyl groups is 1. The molecule has 0 spiro atoms. The van der Waals surface area contributed by atoms with Gasteiger partial charge in [0.25, 0.3) is 0 Å². The highest BCUT2D eigenvalue weighted by Gasteiger charge is 2.17. The van der Waals surface area contributed by atoms with Gasteiger partial charge in [0, 0.05) is 6.07 Å². The molecular weight excluding hydrogens is 392 g/mol. The molecule has 11 heteroatoms. The molecular formula is C17H16N2O8S. The van der Waals surface area contributed by atoms with Gasteiger partial charge in [-0.3, -0.25) is 0 Å². The number of carbonyl (C=O) groups is 2. The second kappa shape index (κ2) is 8.48. The molecule has 0 aliphatic rings. The fourth-order valence-electron chi connectivity index (χ4n) is 2.06. The van der Waals surface area contributed by atoms with E-state index >= 15 is 0 Å². The number of rotatable bonds is 6. The number of hydrogen-bond donors (Lipinski definition) is 1. The Labute approximate surface area is 160 Å². The maximum atomic E-state index is 11.8. The van der Waals surface area contributed by atoms with E-state index in [0.29, 0.717) is 0 Å². The van der Waals surface area contributed by atoms with Crippen LogP contribution in [-0.2, 0) is 19.6 Å². The second-order valence-corrected chi connectivity index (χ2v) is 6.93. The molecule has 28 heavy (non-hydrogen) atoms. The van der Waals surface area contributed by atoms with Crippen LogP contribution in [0.3, 0.4) is 0 Å². The van der Waals surface area contributed by atoms with Gasteiger partial charge in [-0.15, -0.1) is 0 Å². The Morgan fingerprint density at radius 3 is 2.00 bits per heavy atom. The van der Waals surface area contributed by atoms with Gasteiger partial charge in [0.15, 0.2) is 5.75 Å². The summed E-state index contributed by atoms with van der Waals surface area (Å²) in [5.74, 6) is -2.09. The lowest BCUT2D eigenvalue weighted by Crippen LogP contribution is -2.10. The Bertz CT molecular complexity index is 1050. The molecule has 2 aromatic rings. The standard InChI is InChI=1S/C17H16N2O8S/c1-25-16(21)12-6-4-11(9-15(12)27-28(3,23)24)19-18-10-5-7-14(20)13(8-10)17(22)26-2/h4-9,20H,1-3H3. The third-order valence-corrected chi connectivity index (χ3v) is 3.76. The van der Waals surface area contributed by atoms with Crippen molar-refractivity contribution < 1.29 is 36.8 Å². The fourth-order valence-corrected chi connectivity index (χ4v) is 2.52. The molecule has 0 saturated carbocycles. The van der Waals surface area contributed by atoms with Crippen LogP contribution in [0.25, 0.3) is 0 Å². The van der Waals surface area contributed by atoms with Gasteiger partial charge in [-0.1, -0.05) is 0 Å². The average Bonchev–Trinajstić information content (AvgIpc) is 2.65. The topological polar surface area (TPSA) is 141 Å². The summed E-state index contributed by atoms with van der Waals surface area (Å²) in [6.45, 7) is 0. The zero-order valence-corrected chi connectivity index (χ0v) is 15.9. The Hall–Kier alpha value is -3.47. The average molecular weight is 408 g/mol. The molecule has 10 nitrogen and oxygen atoms in total. The van der Waals surface area contributed by atoms with Gasteiger partial charge < -0.3 is 18.8 Å². The van der Waals surface area contributed by atoms with Gasteiger partial charge in [-0.2, -0.15) is 18.6 Å². The number of azo groups is 1. The van der Waals surface area contributed by atoms with E-state index in [-0.39, 0.29) is 34.0 Å². The van der Waals surface area contributed by atoms with Crippen molar-refractivity contribution in [2.45, 2.75) is 0 Å². The van der Waals surface area contributed by atoms with Crippen molar-refractivity contribution in [2.24, 2.45) is 10.2 Å². The molecule has 0 saturated heterocycles. The summed E-state index contributed by atoms with van der Waals surface area (Å²) >= 11 is 0. The van der Waals surface area contributed by atoms with Crippen LogP contribution in [-0.4, -0.2) is 45.9 Å². The quantitative estimate of drug-likeness (QED) is 0.437. The van der Waals surface area contributed by atoms with Crippen molar-refractivity contribution in [1.29, 1.82) is 0 Å². The number of phenols is 1. The Kier molecular flexibility index (Phi) is 6.31. The highest BCUT2D eigenvalue weighted by Crippen LogP contribution is 2.29. The minimum Gasteiger partial charge on any atom is -0.507 e. The molecule has 2 aromatic carbocycles. The van der Waals surface area contributed by atoms with E-state index < -0.39 is 22.1 Å². The predicted octanol–water partition coefficient (Wildman–Crippen LogP) is 2.72. The molecule has 0 fully saturated rings. The number of nitrogens with zero attached hydrogens (tertiary/aromatic N) is 2. The molecule has 0 atom stereocenters. The summed E-state index contributed by atoms with van der Waals surface area (Å²) in [6.07, 6.45) is 0.826. The fraction of sp³-hybridized carbons (Fsp3) is 0.176. The monoisotopic (exact) mass is 408 g/mol. The Morgan fingerprint density at radius 1 is 0.893 bits per heavy atom. The first-order valence-corrected chi connectivity index (χ1v) is 9.41. The van der Waals surface area contributed by atoms with Crippen molar-refractivity contribution in [3.8, 4) is 11.5 Å². The van der Waals surface area contributed by atoms with E-state index in [2.05, 4.69) is 19.7 Å². The van der Waals surface area contributed by atoms with Gasteiger partial charge in [0.1, 0.15) is 16.9 Å². The second-order valence-electron chi connectivity index (χ2n) is 5.35. The summed E-state index contributed by atoms with van der Waals surface area (Å²) in [4.78, 5) is 23.4. The third-order valence-electron chi connectivity index (χ3n) is 3.28. The molecule has 0 amide bonds. The van der Waals surface area contributed by atoms with E-state index in [1.807, 2.05) is 0 Å². The predicted molar refractivity (Wildman–Crippen MR) is 96.9 cm³/mol. The van der Waals surface area contributed by atoms with Crippen LogP contribution in [0, 0.1) is 0 Å². The van der Waals surface area contributed by atoms with E-state index in [0.717, 1.165) is 13.4 Å². The molecule has 1 N–H and O–H groups in total. The number of esters is 2. The number of hydrogen-bond acceptors (Lipinski definition) is 10. The summed E-state index contributed by atoms with van der Waals surface area (Å²) in [5.41, 5.74) is 0.186.